The minimum absolute atomic E-state index is 0.111. The SMILES string of the molecule is C=CC1=C(C=C)C(=O)CC2(CCN(C)CC2)S1.CNC(=O)Nc1sc2nc(C)ccc2c1C=O. The number of nitrogens with one attached hydrogen (secondary N) is 2. The van der Waals surface area contributed by atoms with E-state index >= 15 is 0 Å². The Morgan fingerprint density at radius 2 is 1.94 bits per heavy atom. The molecule has 0 radical (unpaired) electrons. The number of ketones is 1. The quantitative estimate of drug-likeness (QED) is 0.580. The van der Waals surface area contributed by atoms with E-state index in [0.29, 0.717) is 17.0 Å². The van der Waals surface area contributed by atoms with Crippen molar-refractivity contribution in [2.24, 2.45) is 0 Å². The molecular weight excluding hydrogens is 468 g/mol. The number of allylic oxidation sites excluding steroid dienone is 3. The van der Waals surface area contributed by atoms with Crippen molar-refractivity contribution in [3.8, 4) is 0 Å². The lowest BCUT2D eigenvalue weighted by Gasteiger charge is -2.42. The number of likely N-dealkylation sites (tertiary alicyclic amines) is 1. The summed E-state index contributed by atoms with van der Waals surface area (Å²) < 4.78 is 0.111. The molecule has 1 spiro atoms. The summed E-state index contributed by atoms with van der Waals surface area (Å²) >= 11 is 3.13. The Hall–Kier alpha value is -2.75. The van der Waals surface area contributed by atoms with E-state index in [2.05, 4.69) is 40.7 Å². The molecule has 0 unspecified atom stereocenters. The van der Waals surface area contributed by atoms with Gasteiger partial charge in [0.25, 0.3) is 0 Å². The number of amides is 2. The molecule has 2 N–H and O–H groups in total. The van der Waals surface area contributed by atoms with Gasteiger partial charge in [0, 0.05) is 39.8 Å². The highest BCUT2D eigenvalue weighted by Gasteiger charge is 2.41. The highest BCUT2D eigenvalue weighted by molar-refractivity contribution is 8.04. The fourth-order valence-corrected chi connectivity index (χ4v) is 6.52. The molecule has 0 bridgehead atoms. The number of pyridine rings is 1. The number of piperidine rings is 1. The topological polar surface area (TPSA) is 91.4 Å². The number of nitrogens with zero attached hydrogens (tertiary/aromatic N) is 2. The number of hydrogen-bond donors (Lipinski definition) is 2. The molecule has 2 aliphatic rings. The van der Waals surface area contributed by atoms with Crippen molar-refractivity contribution >= 4 is 56.4 Å². The van der Waals surface area contributed by atoms with Crippen molar-refractivity contribution in [1.82, 2.24) is 15.2 Å². The number of fused-ring (bicyclic) bond motifs is 1. The van der Waals surface area contributed by atoms with Gasteiger partial charge < -0.3 is 10.2 Å². The molecule has 0 aliphatic carbocycles. The molecule has 4 heterocycles. The Bertz CT molecular complexity index is 1160. The molecule has 2 aromatic rings. The summed E-state index contributed by atoms with van der Waals surface area (Å²) in [5.74, 6) is 0.234. The van der Waals surface area contributed by atoms with Crippen molar-refractivity contribution in [3.63, 3.8) is 0 Å². The number of rotatable bonds is 4. The van der Waals surface area contributed by atoms with E-state index in [4.69, 9.17) is 0 Å². The lowest BCUT2D eigenvalue weighted by molar-refractivity contribution is -0.116. The van der Waals surface area contributed by atoms with Crippen LogP contribution in [-0.4, -0.2) is 59.9 Å². The maximum absolute atomic E-state index is 12.1. The summed E-state index contributed by atoms with van der Waals surface area (Å²) in [5.41, 5.74) is 2.11. The highest BCUT2D eigenvalue weighted by atomic mass is 32.2. The van der Waals surface area contributed by atoms with Crippen LogP contribution < -0.4 is 10.6 Å². The molecule has 4 rings (SSSR count). The first-order chi connectivity index (χ1) is 16.3. The van der Waals surface area contributed by atoms with Gasteiger partial charge in [0.1, 0.15) is 9.83 Å². The molecule has 2 aromatic heterocycles. The van der Waals surface area contributed by atoms with Crippen LogP contribution >= 0.6 is 23.1 Å². The predicted octanol–water partition coefficient (Wildman–Crippen LogP) is 4.95. The summed E-state index contributed by atoms with van der Waals surface area (Å²) in [6.45, 7) is 11.6. The van der Waals surface area contributed by atoms with Crippen LogP contribution in [0.1, 0.15) is 35.3 Å². The van der Waals surface area contributed by atoms with Crippen LogP contribution in [0.2, 0.25) is 0 Å². The fraction of sp³-hybridized carbons (Fsp3) is 0.360. The number of thioether (sulfide) groups is 1. The molecule has 2 amide bonds. The third kappa shape index (κ3) is 5.65. The third-order valence-electron chi connectivity index (χ3n) is 5.97. The van der Waals surface area contributed by atoms with Gasteiger partial charge >= 0.3 is 6.03 Å². The van der Waals surface area contributed by atoms with Crippen LogP contribution in [0, 0.1) is 6.92 Å². The number of Topliss-reactive ketones (excluding diaryl/α,β-unsaturated/α-hetero) is 1. The van der Waals surface area contributed by atoms with Crippen LogP contribution in [0.5, 0.6) is 0 Å². The molecule has 34 heavy (non-hydrogen) atoms. The van der Waals surface area contributed by atoms with Gasteiger partial charge in [0.05, 0.1) is 5.56 Å². The Balaban J connectivity index is 0.000000191. The number of urea groups is 1. The summed E-state index contributed by atoms with van der Waals surface area (Å²) in [5, 5.41) is 6.34. The molecule has 180 valence electrons. The fourth-order valence-electron chi connectivity index (χ4n) is 3.99. The van der Waals surface area contributed by atoms with Crippen LogP contribution in [-0.2, 0) is 4.79 Å². The maximum atomic E-state index is 12.1. The van der Waals surface area contributed by atoms with Crippen molar-refractivity contribution in [3.05, 3.63) is 59.2 Å². The Morgan fingerprint density at radius 3 is 2.53 bits per heavy atom. The third-order valence-corrected chi connectivity index (χ3v) is 8.59. The molecule has 0 atom stereocenters. The lowest BCUT2D eigenvalue weighted by atomic mass is 9.88. The minimum Gasteiger partial charge on any atom is -0.341 e. The molecule has 1 saturated heterocycles. The van der Waals surface area contributed by atoms with Crippen molar-refractivity contribution in [2.45, 2.75) is 30.9 Å². The van der Waals surface area contributed by atoms with Gasteiger partial charge in [-0.15, -0.1) is 11.8 Å². The van der Waals surface area contributed by atoms with E-state index < -0.39 is 0 Å². The van der Waals surface area contributed by atoms with Gasteiger partial charge in [-0.2, -0.15) is 0 Å². The molecule has 7 nitrogen and oxygen atoms in total. The van der Waals surface area contributed by atoms with Crippen LogP contribution in [0.4, 0.5) is 9.80 Å². The second-order valence-electron chi connectivity index (χ2n) is 8.35. The number of carbonyl (C=O) groups is 3. The summed E-state index contributed by atoms with van der Waals surface area (Å²) in [7, 11) is 3.66. The molecular formula is C25H30N4O3S2. The number of anilines is 1. The molecule has 9 heteroatoms. The van der Waals surface area contributed by atoms with E-state index in [1.807, 2.05) is 30.8 Å². The first kappa shape index (κ1) is 25.9. The number of aromatic nitrogens is 1. The molecule has 0 aromatic carbocycles. The van der Waals surface area contributed by atoms with Crippen LogP contribution in [0.15, 0.2) is 47.9 Å². The van der Waals surface area contributed by atoms with Crippen molar-refractivity contribution in [1.29, 1.82) is 0 Å². The molecule has 1 fully saturated rings. The molecule has 2 aliphatic heterocycles. The zero-order valence-electron chi connectivity index (χ0n) is 19.8. The van der Waals surface area contributed by atoms with Crippen molar-refractivity contribution in [2.75, 3.05) is 32.5 Å². The van der Waals surface area contributed by atoms with E-state index in [1.165, 1.54) is 18.4 Å². The van der Waals surface area contributed by atoms with Gasteiger partial charge in [-0.3, -0.25) is 14.9 Å². The lowest BCUT2D eigenvalue weighted by Crippen LogP contribution is -2.43. The summed E-state index contributed by atoms with van der Waals surface area (Å²) in [6.07, 6.45) is 7.04. The average Bonchev–Trinajstić information content (AvgIpc) is 3.16. The van der Waals surface area contributed by atoms with Gasteiger partial charge in [-0.25, -0.2) is 9.78 Å². The smallest absolute Gasteiger partial charge is 0.319 e. The number of aryl methyl sites for hydroxylation is 1. The van der Waals surface area contributed by atoms with Gasteiger partial charge in [-0.1, -0.05) is 36.6 Å². The summed E-state index contributed by atoms with van der Waals surface area (Å²) in [4.78, 5) is 42.9. The first-order valence-electron chi connectivity index (χ1n) is 11.0. The standard InChI is InChI=1S/C14H19NOS.C11H11N3O2S/c1-4-11-12(16)10-14(17-13(11)5-2)6-8-15(3)9-7-14;1-6-3-4-7-8(5-15)10(14-11(16)12-2)17-9(7)13-6/h4-5H,1-2,6-10H2,3H3;3-5H,1-2H3,(H2,12,14,16). The second kappa shape index (κ2) is 11.1. The number of aldehydes is 1. The first-order valence-corrected chi connectivity index (χ1v) is 12.6. The Morgan fingerprint density at radius 1 is 1.24 bits per heavy atom. The van der Waals surface area contributed by atoms with Crippen LogP contribution in [0.3, 0.4) is 0 Å². The van der Waals surface area contributed by atoms with E-state index in [1.54, 1.807) is 12.2 Å². The Kier molecular flexibility index (Phi) is 8.46. The highest BCUT2D eigenvalue weighted by Crippen LogP contribution is 2.48. The van der Waals surface area contributed by atoms with Crippen molar-refractivity contribution < 1.29 is 14.4 Å². The number of hydrogen-bond acceptors (Lipinski definition) is 7. The normalized spacial score (nSPS) is 17.7. The average molecular weight is 499 g/mol. The predicted molar refractivity (Wildman–Crippen MR) is 142 cm³/mol. The van der Waals surface area contributed by atoms with E-state index in [9.17, 15) is 14.4 Å². The van der Waals surface area contributed by atoms with E-state index in [-0.39, 0.29) is 16.6 Å². The van der Waals surface area contributed by atoms with E-state index in [0.717, 1.165) is 58.6 Å². The maximum Gasteiger partial charge on any atom is 0.319 e. The second-order valence-corrected chi connectivity index (χ2v) is 10.9. The van der Waals surface area contributed by atoms with Gasteiger partial charge in [0.2, 0.25) is 0 Å². The summed E-state index contributed by atoms with van der Waals surface area (Å²) in [6, 6.07) is 3.33. The largest absolute Gasteiger partial charge is 0.341 e. The van der Waals surface area contributed by atoms with Gasteiger partial charge in [-0.05, 0) is 52.0 Å². The number of carbonyl (C=O) groups excluding carboxylic acids is 3. The monoisotopic (exact) mass is 498 g/mol. The number of thiophene rings is 1. The van der Waals surface area contributed by atoms with Gasteiger partial charge in [0.15, 0.2) is 12.1 Å². The Labute approximate surface area is 208 Å². The molecule has 0 saturated carbocycles. The minimum atomic E-state index is -0.351. The zero-order valence-corrected chi connectivity index (χ0v) is 21.4. The zero-order chi connectivity index (χ0) is 24.9. The van der Waals surface area contributed by atoms with Crippen LogP contribution in [0.25, 0.3) is 10.2 Å².